The quantitative estimate of drug-likeness (QED) is 0.881. The van der Waals surface area contributed by atoms with Gasteiger partial charge >= 0.3 is 5.97 Å². The van der Waals surface area contributed by atoms with Gasteiger partial charge in [0.15, 0.2) is 4.21 Å². The highest BCUT2D eigenvalue weighted by molar-refractivity contribution is 7.94. The largest absolute Gasteiger partial charge is 0.478 e. The Morgan fingerprint density at radius 2 is 2.16 bits per heavy atom. The van der Waals surface area contributed by atoms with Crippen molar-refractivity contribution in [1.82, 2.24) is 9.97 Å². The standard InChI is InChI=1S/C10H9N3O4S2/c1-6-12-5-9(18-6)19(16,17)13-8-4-7(10(14)15)2-3-11-8/h2-5H,1H3,(H,11,13)(H,14,15). The zero-order chi connectivity index (χ0) is 14.0. The molecule has 2 aromatic heterocycles. The van der Waals surface area contributed by atoms with Crippen LogP contribution in [0.2, 0.25) is 0 Å². The molecule has 2 aromatic rings. The minimum atomic E-state index is -3.78. The van der Waals surface area contributed by atoms with Crippen LogP contribution in [0.4, 0.5) is 5.82 Å². The molecule has 0 aromatic carbocycles. The number of sulfonamides is 1. The van der Waals surface area contributed by atoms with E-state index in [1.807, 2.05) is 0 Å². The molecule has 19 heavy (non-hydrogen) atoms. The Morgan fingerprint density at radius 3 is 2.74 bits per heavy atom. The number of hydrogen-bond acceptors (Lipinski definition) is 6. The molecular formula is C10H9N3O4S2. The molecule has 0 unspecified atom stereocenters. The van der Waals surface area contributed by atoms with Crippen molar-refractivity contribution in [1.29, 1.82) is 0 Å². The summed E-state index contributed by atoms with van der Waals surface area (Å²) < 4.78 is 26.2. The first-order valence-corrected chi connectivity index (χ1v) is 7.33. The third-order valence-corrected chi connectivity index (χ3v) is 4.84. The fourth-order valence-corrected chi connectivity index (χ4v) is 3.38. The van der Waals surface area contributed by atoms with Crippen molar-refractivity contribution in [3.63, 3.8) is 0 Å². The highest BCUT2D eigenvalue weighted by atomic mass is 32.2. The van der Waals surface area contributed by atoms with E-state index in [1.165, 1.54) is 18.5 Å². The summed E-state index contributed by atoms with van der Waals surface area (Å²) in [6.45, 7) is 1.69. The number of thiazole rings is 1. The number of aromatic carboxylic acids is 1. The van der Waals surface area contributed by atoms with E-state index < -0.39 is 16.0 Å². The first-order valence-electron chi connectivity index (χ1n) is 5.03. The maximum Gasteiger partial charge on any atom is 0.335 e. The molecule has 7 nitrogen and oxygen atoms in total. The lowest BCUT2D eigenvalue weighted by Gasteiger charge is -2.05. The van der Waals surface area contributed by atoms with Crippen LogP contribution in [0.3, 0.4) is 0 Å². The second kappa shape index (κ2) is 4.94. The smallest absolute Gasteiger partial charge is 0.335 e. The fraction of sp³-hybridized carbons (Fsp3) is 0.100. The lowest BCUT2D eigenvalue weighted by molar-refractivity contribution is 0.0697. The topological polar surface area (TPSA) is 109 Å². The third kappa shape index (κ3) is 3.06. The molecule has 100 valence electrons. The van der Waals surface area contributed by atoms with E-state index in [0.29, 0.717) is 5.01 Å². The van der Waals surface area contributed by atoms with E-state index in [0.717, 1.165) is 17.4 Å². The van der Waals surface area contributed by atoms with Gasteiger partial charge in [-0.2, -0.15) is 0 Å². The lowest BCUT2D eigenvalue weighted by atomic mass is 10.3. The predicted molar refractivity (Wildman–Crippen MR) is 68.9 cm³/mol. The van der Waals surface area contributed by atoms with E-state index in [1.54, 1.807) is 6.92 Å². The van der Waals surface area contributed by atoms with Crippen LogP contribution in [0.25, 0.3) is 0 Å². The van der Waals surface area contributed by atoms with Crippen molar-refractivity contribution in [2.75, 3.05) is 4.72 Å². The number of carbonyl (C=O) groups is 1. The maximum absolute atomic E-state index is 12.0. The Balaban J connectivity index is 2.30. The fourth-order valence-electron chi connectivity index (χ4n) is 1.27. The SMILES string of the molecule is Cc1ncc(S(=O)(=O)Nc2cc(C(=O)O)ccn2)s1. The summed E-state index contributed by atoms with van der Waals surface area (Å²) in [5.74, 6) is -1.21. The molecule has 9 heteroatoms. The molecule has 2 heterocycles. The van der Waals surface area contributed by atoms with E-state index in [2.05, 4.69) is 14.7 Å². The van der Waals surface area contributed by atoms with Crippen LogP contribution >= 0.6 is 11.3 Å². The van der Waals surface area contributed by atoms with Gasteiger partial charge in [0.1, 0.15) is 5.82 Å². The normalized spacial score (nSPS) is 11.2. The number of pyridine rings is 1. The van der Waals surface area contributed by atoms with Crippen molar-refractivity contribution >= 4 is 33.1 Å². The zero-order valence-electron chi connectivity index (χ0n) is 9.69. The Bertz CT molecular complexity index is 724. The number of carboxylic acids is 1. The van der Waals surface area contributed by atoms with E-state index in [4.69, 9.17) is 5.11 Å². The molecular weight excluding hydrogens is 290 g/mol. The third-order valence-electron chi connectivity index (χ3n) is 2.11. The first kappa shape index (κ1) is 13.4. The van der Waals surface area contributed by atoms with E-state index in [-0.39, 0.29) is 15.6 Å². The number of anilines is 1. The van der Waals surface area contributed by atoms with Crippen LogP contribution < -0.4 is 4.72 Å². The summed E-state index contributed by atoms with van der Waals surface area (Å²) in [5, 5.41) is 9.43. The van der Waals surface area contributed by atoms with Gasteiger partial charge in [-0.25, -0.2) is 23.2 Å². The highest BCUT2D eigenvalue weighted by Gasteiger charge is 2.18. The zero-order valence-corrected chi connectivity index (χ0v) is 11.3. The van der Waals surface area contributed by atoms with Gasteiger partial charge < -0.3 is 5.11 Å². The summed E-state index contributed by atoms with van der Waals surface area (Å²) in [4.78, 5) is 18.4. The lowest BCUT2D eigenvalue weighted by Crippen LogP contribution is -2.13. The monoisotopic (exact) mass is 299 g/mol. The number of nitrogens with one attached hydrogen (secondary N) is 1. The van der Waals surface area contributed by atoms with Crippen LogP contribution in [0.15, 0.2) is 28.7 Å². The Labute approximate surface area is 113 Å². The van der Waals surface area contributed by atoms with Gasteiger partial charge in [-0.05, 0) is 19.1 Å². The second-order valence-corrected chi connectivity index (χ2v) is 6.68. The summed E-state index contributed by atoms with van der Waals surface area (Å²) in [7, 11) is -3.78. The number of aromatic nitrogens is 2. The van der Waals surface area contributed by atoms with Crippen molar-refractivity contribution in [3.05, 3.63) is 35.1 Å². The Hall–Kier alpha value is -2.00. The number of aryl methyl sites for hydroxylation is 1. The van der Waals surface area contributed by atoms with Crippen LogP contribution in [-0.2, 0) is 10.0 Å². The first-order chi connectivity index (χ1) is 8.88. The molecule has 0 radical (unpaired) electrons. The molecule has 0 aliphatic rings. The van der Waals surface area contributed by atoms with Crippen molar-refractivity contribution in [2.45, 2.75) is 11.1 Å². The average Bonchev–Trinajstić information content (AvgIpc) is 2.76. The van der Waals surface area contributed by atoms with E-state index in [9.17, 15) is 13.2 Å². The molecule has 0 saturated carbocycles. The van der Waals surface area contributed by atoms with Crippen molar-refractivity contribution < 1.29 is 18.3 Å². The molecule has 0 aliphatic carbocycles. The van der Waals surface area contributed by atoms with Gasteiger partial charge in [-0.15, -0.1) is 11.3 Å². The van der Waals surface area contributed by atoms with Crippen LogP contribution in [0.5, 0.6) is 0 Å². The summed E-state index contributed by atoms with van der Waals surface area (Å²) >= 11 is 1.02. The van der Waals surface area contributed by atoms with Gasteiger partial charge in [0.05, 0.1) is 16.8 Å². The predicted octanol–water partition coefficient (Wildman–Crippen LogP) is 1.35. The summed E-state index contributed by atoms with van der Waals surface area (Å²) in [6, 6.07) is 2.42. The molecule has 0 fully saturated rings. The summed E-state index contributed by atoms with van der Waals surface area (Å²) in [5.41, 5.74) is -0.0480. The van der Waals surface area contributed by atoms with Crippen molar-refractivity contribution in [2.24, 2.45) is 0 Å². The number of hydrogen-bond donors (Lipinski definition) is 2. The van der Waals surface area contributed by atoms with Gasteiger partial charge in [0.25, 0.3) is 10.0 Å². The van der Waals surface area contributed by atoms with Crippen LogP contribution in [-0.4, -0.2) is 29.5 Å². The van der Waals surface area contributed by atoms with Crippen LogP contribution in [0.1, 0.15) is 15.4 Å². The molecule has 0 bridgehead atoms. The van der Waals surface area contributed by atoms with Gasteiger partial charge in [0, 0.05) is 6.20 Å². The van der Waals surface area contributed by atoms with Crippen molar-refractivity contribution in [3.8, 4) is 0 Å². The average molecular weight is 299 g/mol. The molecule has 0 atom stereocenters. The van der Waals surface area contributed by atoms with E-state index >= 15 is 0 Å². The molecule has 0 aliphatic heterocycles. The molecule has 0 amide bonds. The Morgan fingerprint density at radius 1 is 1.42 bits per heavy atom. The molecule has 0 spiro atoms. The maximum atomic E-state index is 12.0. The molecule has 2 N–H and O–H groups in total. The molecule has 2 rings (SSSR count). The molecule has 0 saturated heterocycles. The minimum absolute atomic E-state index is 0.0480. The Kier molecular flexibility index (Phi) is 3.49. The minimum Gasteiger partial charge on any atom is -0.478 e. The number of nitrogens with zero attached hydrogens (tertiary/aromatic N) is 2. The van der Waals surface area contributed by atoms with Gasteiger partial charge in [-0.1, -0.05) is 0 Å². The van der Waals surface area contributed by atoms with Gasteiger partial charge in [0.2, 0.25) is 0 Å². The number of carboxylic acid groups (broad SMARTS) is 1. The highest BCUT2D eigenvalue weighted by Crippen LogP contribution is 2.20. The summed E-state index contributed by atoms with van der Waals surface area (Å²) in [6.07, 6.45) is 2.46. The number of rotatable bonds is 4. The van der Waals surface area contributed by atoms with Gasteiger partial charge in [-0.3, -0.25) is 4.72 Å². The second-order valence-electron chi connectivity index (χ2n) is 3.54. The van der Waals surface area contributed by atoms with Crippen LogP contribution in [0, 0.1) is 6.92 Å².